The monoisotopic (exact) mass is 363 g/mol. The van der Waals surface area contributed by atoms with Gasteiger partial charge in [0, 0.05) is 18.8 Å². The Morgan fingerprint density at radius 2 is 1.78 bits per heavy atom. The van der Waals surface area contributed by atoms with Crippen molar-refractivity contribution in [3.63, 3.8) is 0 Å². The van der Waals surface area contributed by atoms with Gasteiger partial charge in [-0.2, -0.15) is 10.1 Å². The van der Waals surface area contributed by atoms with Crippen LogP contribution in [0, 0.1) is 0 Å². The van der Waals surface area contributed by atoms with Gasteiger partial charge in [-0.1, -0.05) is 30.3 Å². The number of ether oxygens (including phenoxy) is 2. The summed E-state index contributed by atoms with van der Waals surface area (Å²) in [6, 6.07) is 17.9. The van der Waals surface area contributed by atoms with Crippen molar-refractivity contribution in [3.8, 4) is 5.75 Å². The van der Waals surface area contributed by atoms with E-state index >= 15 is 0 Å². The number of hydrogen-bond donors (Lipinski definition) is 1. The summed E-state index contributed by atoms with van der Waals surface area (Å²) in [5.41, 5.74) is 2.05. The van der Waals surface area contributed by atoms with Gasteiger partial charge in [0.15, 0.2) is 5.82 Å². The van der Waals surface area contributed by atoms with Crippen LogP contribution in [-0.2, 0) is 11.3 Å². The predicted octanol–water partition coefficient (Wildman–Crippen LogP) is 3.03. The molecule has 4 rings (SSSR count). The predicted molar refractivity (Wildman–Crippen MR) is 103 cm³/mol. The van der Waals surface area contributed by atoms with Crippen LogP contribution >= 0.6 is 0 Å². The molecule has 1 saturated heterocycles. The van der Waals surface area contributed by atoms with Gasteiger partial charge in [-0.15, -0.1) is 5.10 Å². The lowest BCUT2D eigenvalue weighted by Gasteiger charge is -2.26. The Bertz CT molecular complexity index is 852. The largest absolute Gasteiger partial charge is 0.489 e. The second-order valence-corrected chi connectivity index (χ2v) is 6.16. The maximum Gasteiger partial charge on any atom is 0.247 e. The fourth-order valence-electron chi connectivity index (χ4n) is 2.77. The lowest BCUT2D eigenvalue weighted by Crippen LogP contribution is -2.37. The molecule has 2 aromatic carbocycles. The second-order valence-electron chi connectivity index (χ2n) is 6.16. The van der Waals surface area contributed by atoms with E-state index in [0.29, 0.717) is 31.6 Å². The highest BCUT2D eigenvalue weighted by Crippen LogP contribution is 2.20. The summed E-state index contributed by atoms with van der Waals surface area (Å²) in [5, 5.41) is 11.4. The second kappa shape index (κ2) is 8.46. The first-order valence-electron chi connectivity index (χ1n) is 8.93. The number of nitrogens with one attached hydrogen (secondary N) is 1. The minimum atomic E-state index is 0.548. The smallest absolute Gasteiger partial charge is 0.247 e. The minimum Gasteiger partial charge on any atom is -0.489 e. The summed E-state index contributed by atoms with van der Waals surface area (Å²) in [6.07, 6.45) is 1.61. The SMILES string of the molecule is c1ccc(COc2ccc(Nc3cnnc(N4CCOCC4)n3)cc2)cc1. The van der Waals surface area contributed by atoms with Crippen molar-refractivity contribution in [2.45, 2.75) is 6.61 Å². The summed E-state index contributed by atoms with van der Waals surface area (Å²) in [5.74, 6) is 2.09. The molecular weight excluding hydrogens is 342 g/mol. The van der Waals surface area contributed by atoms with Crippen LogP contribution in [0.15, 0.2) is 60.8 Å². The van der Waals surface area contributed by atoms with Gasteiger partial charge in [-0.25, -0.2) is 0 Å². The zero-order valence-corrected chi connectivity index (χ0v) is 14.9. The Kier molecular flexibility index (Phi) is 5.40. The number of nitrogens with zero attached hydrogens (tertiary/aromatic N) is 4. The van der Waals surface area contributed by atoms with Gasteiger partial charge >= 0.3 is 0 Å². The average Bonchev–Trinajstić information content (AvgIpc) is 2.75. The van der Waals surface area contributed by atoms with Gasteiger partial charge in [-0.3, -0.25) is 0 Å². The molecule has 0 unspecified atom stereocenters. The molecule has 1 N–H and O–H groups in total. The lowest BCUT2D eigenvalue weighted by molar-refractivity contribution is 0.122. The first-order chi connectivity index (χ1) is 13.4. The van der Waals surface area contributed by atoms with E-state index in [2.05, 4.69) is 25.4 Å². The van der Waals surface area contributed by atoms with Crippen LogP contribution in [0.25, 0.3) is 0 Å². The highest BCUT2D eigenvalue weighted by molar-refractivity contribution is 5.57. The molecule has 1 aliphatic rings. The molecule has 0 atom stereocenters. The standard InChI is InChI=1S/C20H21N5O2/c1-2-4-16(5-3-1)15-27-18-8-6-17(7-9-18)22-19-14-21-24-20(23-19)25-10-12-26-13-11-25/h1-9,14H,10-13,15H2,(H,22,23,24). The Morgan fingerprint density at radius 3 is 2.56 bits per heavy atom. The van der Waals surface area contributed by atoms with Crippen molar-refractivity contribution in [1.82, 2.24) is 15.2 Å². The number of aromatic nitrogens is 3. The lowest BCUT2D eigenvalue weighted by atomic mass is 10.2. The topological polar surface area (TPSA) is 72.4 Å². The molecule has 27 heavy (non-hydrogen) atoms. The van der Waals surface area contributed by atoms with Crippen LogP contribution in [0.2, 0.25) is 0 Å². The van der Waals surface area contributed by atoms with Crippen molar-refractivity contribution in [2.24, 2.45) is 0 Å². The molecule has 3 aromatic rings. The molecule has 0 aliphatic carbocycles. The molecule has 7 nitrogen and oxygen atoms in total. The maximum absolute atomic E-state index is 5.81. The number of benzene rings is 2. The van der Waals surface area contributed by atoms with Gasteiger partial charge < -0.3 is 19.7 Å². The van der Waals surface area contributed by atoms with Gasteiger partial charge in [0.1, 0.15) is 12.4 Å². The van der Waals surface area contributed by atoms with Crippen LogP contribution in [-0.4, -0.2) is 41.5 Å². The molecule has 1 aliphatic heterocycles. The molecule has 2 heterocycles. The van der Waals surface area contributed by atoms with E-state index in [9.17, 15) is 0 Å². The summed E-state index contributed by atoms with van der Waals surface area (Å²) < 4.78 is 11.2. The summed E-state index contributed by atoms with van der Waals surface area (Å²) in [6.45, 7) is 3.47. The maximum atomic E-state index is 5.81. The fourth-order valence-corrected chi connectivity index (χ4v) is 2.77. The first-order valence-corrected chi connectivity index (χ1v) is 8.93. The number of morpholine rings is 1. The van der Waals surface area contributed by atoms with Crippen LogP contribution in [0.1, 0.15) is 5.56 Å². The van der Waals surface area contributed by atoms with Crippen molar-refractivity contribution < 1.29 is 9.47 Å². The van der Waals surface area contributed by atoms with E-state index in [1.54, 1.807) is 6.20 Å². The Balaban J connectivity index is 1.37. The minimum absolute atomic E-state index is 0.548. The molecule has 1 fully saturated rings. The quantitative estimate of drug-likeness (QED) is 0.722. The Hall–Kier alpha value is -3.19. The summed E-state index contributed by atoms with van der Waals surface area (Å²) in [4.78, 5) is 6.62. The van der Waals surface area contributed by atoms with Crippen LogP contribution < -0.4 is 15.0 Å². The van der Waals surface area contributed by atoms with E-state index in [0.717, 1.165) is 30.1 Å². The van der Waals surface area contributed by atoms with Gasteiger partial charge in [-0.05, 0) is 29.8 Å². The molecule has 0 spiro atoms. The van der Waals surface area contributed by atoms with Gasteiger partial charge in [0.2, 0.25) is 5.95 Å². The van der Waals surface area contributed by atoms with Crippen LogP contribution in [0.5, 0.6) is 5.75 Å². The van der Waals surface area contributed by atoms with E-state index in [1.807, 2.05) is 54.6 Å². The molecule has 0 bridgehead atoms. The number of rotatable bonds is 6. The normalized spacial score (nSPS) is 14.0. The van der Waals surface area contributed by atoms with Crippen LogP contribution in [0.4, 0.5) is 17.5 Å². The van der Waals surface area contributed by atoms with Crippen molar-refractivity contribution in [1.29, 1.82) is 0 Å². The highest BCUT2D eigenvalue weighted by atomic mass is 16.5. The van der Waals surface area contributed by atoms with Crippen molar-refractivity contribution in [3.05, 3.63) is 66.4 Å². The molecule has 0 radical (unpaired) electrons. The number of anilines is 3. The molecule has 0 saturated carbocycles. The Labute approximate surface area is 158 Å². The molecule has 0 amide bonds. The van der Waals surface area contributed by atoms with E-state index in [4.69, 9.17) is 9.47 Å². The zero-order chi connectivity index (χ0) is 18.3. The molecule has 7 heteroatoms. The van der Waals surface area contributed by atoms with Gasteiger partial charge in [0.25, 0.3) is 0 Å². The third-order valence-corrected chi connectivity index (χ3v) is 4.22. The molecule has 1 aromatic heterocycles. The first kappa shape index (κ1) is 17.2. The van der Waals surface area contributed by atoms with Crippen LogP contribution in [0.3, 0.4) is 0 Å². The van der Waals surface area contributed by atoms with Crippen molar-refractivity contribution in [2.75, 3.05) is 36.5 Å². The average molecular weight is 363 g/mol. The summed E-state index contributed by atoms with van der Waals surface area (Å²) in [7, 11) is 0. The molecular formula is C20H21N5O2. The number of hydrogen-bond acceptors (Lipinski definition) is 7. The van der Waals surface area contributed by atoms with Crippen molar-refractivity contribution >= 4 is 17.5 Å². The zero-order valence-electron chi connectivity index (χ0n) is 14.9. The third kappa shape index (κ3) is 4.71. The molecule has 138 valence electrons. The highest BCUT2D eigenvalue weighted by Gasteiger charge is 2.14. The third-order valence-electron chi connectivity index (χ3n) is 4.22. The Morgan fingerprint density at radius 1 is 1.00 bits per heavy atom. The fraction of sp³-hybridized carbons (Fsp3) is 0.250. The van der Waals surface area contributed by atoms with E-state index in [-0.39, 0.29) is 0 Å². The van der Waals surface area contributed by atoms with E-state index < -0.39 is 0 Å². The van der Waals surface area contributed by atoms with E-state index in [1.165, 1.54) is 0 Å². The summed E-state index contributed by atoms with van der Waals surface area (Å²) >= 11 is 0. The van der Waals surface area contributed by atoms with Gasteiger partial charge in [0.05, 0.1) is 19.4 Å².